The minimum Gasteiger partial charge on any atom is -0.329 e. The van der Waals surface area contributed by atoms with Crippen molar-refractivity contribution in [3.05, 3.63) is 0 Å². The Bertz CT molecular complexity index is 246. The fraction of sp³-hybridized carbons (Fsp3) is 0.500. The van der Waals surface area contributed by atoms with Crippen LogP contribution in [0.25, 0.3) is 0 Å². The Morgan fingerprint density at radius 2 is 2.33 bits per heavy atom. The van der Waals surface area contributed by atoms with Gasteiger partial charge in [-0.1, -0.05) is 0 Å². The van der Waals surface area contributed by atoms with Crippen LogP contribution >= 0.6 is 0 Å². The zero-order valence-electron chi connectivity index (χ0n) is 6.89. The lowest BCUT2D eigenvalue weighted by atomic mass is 10.4. The van der Waals surface area contributed by atoms with Crippen molar-refractivity contribution in [1.82, 2.24) is 10.2 Å². The first-order valence-electron chi connectivity index (χ1n) is 3.73. The first-order chi connectivity index (χ1) is 5.75. The number of rotatable bonds is 2. The molecule has 0 spiro atoms. The first-order valence-corrected chi connectivity index (χ1v) is 3.73. The third-order valence-corrected chi connectivity index (χ3v) is 1.57. The number of nitrogens with zero attached hydrogens (tertiary/aromatic N) is 1. The molecule has 0 bridgehead atoms. The van der Waals surface area contributed by atoms with Crippen LogP contribution in [0.5, 0.6) is 0 Å². The Morgan fingerprint density at radius 3 is 2.83 bits per heavy atom. The van der Waals surface area contributed by atoms with Gasteiger partial charge in [-0.3, -0.25) is 9.69 Å². The average molecular weight is 166 g/mol. The van der Waals surface area contributed by atoms with Gasteiger partial charge in [0.25, 0.3) is 0 Å². The second-order valence-corrected chi connectivity index (χ2v) is 2.38. The molecule has 4 nitrogen and oxygen atoms in total. The van der Waals surface area contributed by atoms with E-state index in [0.29, 0.717) is 13.0 Å². The minimum atomic E-state index is -0.307. The molecular formula is C8H10N2O2. The molecule has 0 saturated carbocycles. The summed E-state index contributed by atoms with van der Waals surface area (Å²) in [6.45, 7) is 2.25. The van der Waals surface area contributed by atoms with Gasteiger partial charge in [-0.05, 0) is 6.92 Å². The Labute approximate surface area is 70.9 Å². The molecule has 1 rings (SSSR count). The number of imide groups is 1. The lowest BCUT2D eigenvalue weighted by molar-refractivity contribution is -0.124. The van der Waals surface area contributed by atoms with E-state index >= 15 is 0 Å². The molecule has 4 heteroatoms. The monoisotopic (exact) mass is 166 g/mol. The summed E-state index contributed by atoms with van der Waals surface area (Å²) in [5.74, 6) is 5.33. The summed E-state index contributed by atoms with van der Waals surface area (Å²) in [6, 6.07) is -0.307. The van der Waals surface area contributed by atoms with Crippen molar-refractivity contribution in [2.45, 2.75) is 13.3 Å². The molecule has 64 valence electrons. The van der Waals surface area contributed by atoms with Gasteiger partial charge in [-0.15, -0.1) is 11.8 Å². The molecule has 0 atom stereocenters. The summed E-state index contributed by atoms with van der Waals surface area (Å²) >= 11 is 0. The molecule has 3 amide bonds. The van der Waals surface area contributed by atoms with E-state index in [4.69, 9.17) is 0 Å². The van der Waals surface area contributed by atoms with Gasteiger partial charge in [0.15, 0.2) is 0 Å². The molecule has 0 aromatic heterocycles. The van der Waals surface area contributed by atoms with Crippen molar-refractivity contribution >= 4 is 11.9 Å². The van der Waals surface area contributed by atoms with Gasteiger partial charge in [0.05, 0.1) is 6.54 Å². The van der Waals surface area contributed by atoms with Crippen LogP contribution in [0.1, 0.15) is 13.3 Å². The molecule has 0 aliphatic carbocycles. The number of hydrogen-bond donors (Lipinski definition) is 1. The maximum absolute atomic E-state index is 11.0. The lowest BCUT2D eigenvalue weighted by Gasteiger charge is -2.08. The largest absolute Gasteiger partial charge is 0.329 e. The Balaban J connectivity index is 2.43. The highest BCUT2D eigenvalue weighted by Crippen LogP contribution is 1.99. The Kier molecular flexibility index (Phi) is 2.70. The predicted molar refractivity (Wildman–Crippen MR) is 43.2 cm³/mol. The number of hydrogen-bond acceptors (Lipinski definition) is 2. The van der Waals surface area contributed by atoms with Crippen molar-refractivity contribution in [3.8, 4) is 11.8 Å². The van der Waals surface area contributed by atoms with E-state index in [1.807, 2.05) is 0 Å². The topological polar surface area (TPSA) is 49.4 Å². The first kappa shape index (κ1) is 8.60. The number of urea groups is 1. The van der Waals surface area contributed by atoms with Gasteiger partial charge in [-0.2, -0.15) is 0 Å². The van der Waals surface area contributed by atoms with E-state index in [1.165, 1.54) is 4.90 Å². The zero-order valence-corrected chi connectivity index (χ0v) is 6.89. The van der Waals surface area contributed by atoms with E-state index in [2.05, 4.69) is 17.2 Å². The van der Waals surface area contributed by atoms with Gasteiger partial charge in [-0.25, -0.2) is 4.79 Å². The van der Waals surface area contributed by atoms with Gasteiger partial charge < -0.3 is 5.32 Å². The van der Waals surface area contributed by atoms with Crippen molar-refractivity contribution < 1.29 is 9.59 Å². The number of amides is 3. The Hall–Kier alpha value is -1.50. The zero-order chi connectivity index (χ0) is 8.97. The van der Waals surface area contributed by atoms with E-state index in [9.17, 15) is 9.59 Å². The van der Waals surface area contributed by atoms with Crippen molar-refractivity contribution in [2.24, 2.45) is 0 Å². The molecule has 0 unspecified atom stereocenters. The van der Waals surface area contributed by atoms with Crippen LogP contribution in [-0.4, -0.2) is 29.9 Å². The average Bonchev–Trinajstić information content (AvgIpc) is 2.35. The second kappa shape index (κ2) is 3.77. The van der Waals surface area contributed by atoms with Gasteiger partial charge in [0, 0.05) is 13.0 Å². The van der Waals surface area contributed by atoms with Crippen LogP contribution in [-0.2, 0) is 4.79 Å². The fourth-order valence-electron chi connectivity index (χ4n) is 0.974. The SMILES string of the molecule is CC#CCCN1C(=O)CNC1=O. The van der Waals surface area contributed by atoms with Gasteiger partial charge >= 0.3 is 6.03 Å². The second-order valence-electron chi connectivity index (χ2n) is 2.38. The maximum Gasteiger partial charge on any atom is 0.324 e. The van der Waals surface area contributed by atoms with Crippen LogP contribution in [0.2, 0.25) is 0 Å². The summed E-state index contributed by atoms with van der Waals surface area (Å²) in [6.07, 6.45) is 0.551. The summed E-state index contributed by atoms with van der Waals surface area (Å²) < 4.78 is 0. The summed E-state index contributed by atoms with van der Waals surface area (Å²) in [7, 11) is 0. The summed E-state index contributed by atoms with van der Waals surface area (Å²) in [5.41, 5.74) is 0. The predicted octanol–water partition coefficient (Wildman–Crippen LogP) is -0.0484. The third kappa shape index (κ3) is 1.76. The molecule has 0 aromatic rings. The molecule has 1 aliphatic rings. The van der Waals surface area contributed by atoms with Crippen LogP contribution in [0, 0.1) is 11.8 Å². The molecule has 1 aliphatic heterocycles. The Morgan fingerprint density at radius 1 is 1.58 bits per heavy atom. The van der Waals surface area contributed by atoms with Crippen LogP contribution in [0.4, 0.5) is 4.79 Å². The summed E-state index contributed by atoms with van der Waals surface area (Å²) in [4.78, 5) is 23.1. The standard InChI is InChI=1S/C8H10N2O2/c1-2-3-4-5-10-7(11)6-9-8(10)12/h4-6H2,1H3,(H,9,12). The lowest BCUT2D eigenvalue weighted by Crippen LogP contribution is -2.31. The normalized spacial score (nSPS) is 15.6. The molecule has 0 aromatic carbocycles. The van der Waals surface area contributed by atoms with Crippen LogP contribution in [0.3, 0.4) is 0 Å². The number of carbonyl (C=O) groups excluding carboxylic acids is 2. The highest BCUT2D eigenvalue weighted by molar-refractivity contribution is 6.01. The molecule has 1 fully saturated rings. The minimum absolute atomic E-state index is 0.123. The van der Waals surface area contributed by atoms with Crippen molar-refractivity contribution in [1.29, 1.82) is 0 Å². The van der Waals surface area contributed by atoms with Crippen LogP contribution in [0.15, 0.2) is 0 Å². The summed E-state index contributed by atoms with van der Waals surface area (Å²) in [5, 5.41) is 2.44. The molecule has 12 heavy (non-hydrogen) atoms. The van der Waals surface area contributed by atoms with E-state index in [1.54, 1.807) is 6.92 Å². The molecule has 1 saturated heterocycles. The van der Waals surface area contributed by atoms with Crippen molar-refractivity contribution in [2.75, 3.05) is 13.1 Å². The van der Waals surface area contributed by atoms with E-state index < -0.39 is 0 Å². The highest BCUT2D eigenvalue weighted by atomic mass is 16.2. The van der Waals surface area contributed by atoms with Crippen LogP contribution < -0.4 is 5.32 Å². The maximum atomic E-state index is 11.0. The molecular weight excluding hydrogens is 156 g/mol. The van der Waals surface area contributed by atoms with Crippen molar-refractivity contribution in [3.63, 3.8) is 0 Å². The van der Waals surface area contributed by atoms with E-state index in [0.717, 1.165) is 0 Å². The smallest absolute Gasteiger partial charge is 0.324 e. The number of nitrogens with one attached hydrogen (secondary N) is 1. The quantitative estimate of drug-likeness (QED) is 0.462. The molecule has 0 radical (unpaired) electrons. The van der Waals surface area contributed by atoms with E-state index in [-0.39, 0.29) is 18.5 Å². The third-order valence-electron chi connectivity index (χ3n) is 1.57. The molecule has 1 heterocycles. The highest BCUT2D eigenvalue weighted by Gasteiger charge is 2.27. The molecule has 1 N–H and O–H groups in total. The van der Waals surface area contributed by atoms with Gasteiger partial charge in [0.2, 0.25) is 5.91 Å². The van der Waals surface area contributed by atoms with Gasteiger partial charge in [0.1, 0.15) is 0 Å². The fourth-order valence-corrected chi connectivity index (χ4v) is 0.974. The number of carbonyl (C=O) groups is 2.